The maximum absolute atomic E-state index is 11.1. The van der Waals surface area contributed by atoms with Crippen molar-refractivity contribution in [3.63, 3.8) is 0 Å². The van der Waals surface area contributed by atoms with Crippen molar-refractivity contribution in [3.8, 4) is 0 Å². The second-order valence-corrected chi connectivity index (χ2v) is 4.65. The highest BCUT2D eigenvalue weighted by Gasteiger charge is 2.26. The summed E-state index contributed by atoms with van der Waals surface area (Å²) in [6, 6.07) is 0. The largest absolute Gasteiger partial charge is 0.477 e. The van der Waals surface area contributed by atoms with Crippen LogP contribution in [0.1, 0.15) is 21.6 Å². The van der Waals surface area contributed by atoms with Crippen molar-refractivity contribution in [1.82, 2.24) is 4.98 Å². The smallest absolute Gasteiger partial charge is 0.356 e. The first kappa shape index (κ1) is 11.8. The number of nitrogens with zero attached hydrogens (tertiary/aromatic N) is 1. The summed E-state index contributed by atoms with van der Waals surface area (Å²) in [5, 5.41) is 8.48. The Morgan fingerprint density at radius 3 is 2.33 bits per heavy atom. The summed E-state index contributed by atoms with van der Waals surface area (Å²) < 4.78 is 11.1. The van der Waals surface area contributed by atoms with Crippen LogP contribution >= 0.6 is 7.60 Å². The van der Waals surface area contributed by atoms with Gasteiger partial charge in [-0.05, 0) is 25.0 Å². The Morgan fingerprint density at radius 1 is 1.40 bits per heavy atom. The Bertz CT molecular complexity index is 464. The second-order valence-electron chi connectivity index (χ2n) is 3.11. The minimum Gasteiger partial charge on any atom is -0.477 e. The van der Waals surface area contributed by atoms with Gasteiger partial charge in [0.2, 0.25) is 0 Å². The quantitative estimate of drug-likeness (QED) is 0.627. The Balaban J connectivity index is 3.58. The van der Waals surface area contributed by atoms with Gasteiger partial charge in [-0.2, -0.15) is 0 Å². The van der Waals surface area contributed by atoms with Crippen molar-refractivity contribution in [1.29, 1.82) is 0 Å². The number of rotatable bonds is 2. The predicted molar refractivity (Wildman–Crippen MR) is 52.3 cm³/mol. The van der Waals surface area contributed by atoms with E-state index in [2.05, 4.69) is 4.98 Å². The molecule has 1 rings (SSSR count). The van der Waals surface area contributed by atoms with Crippen LogP contribution in [0, 0.1) is 13.8 Å². The van der Waals surface area contributed by atoms with Crippen LogP contribution in [-0.2, 0) is 4.57 Å². The fourth-order valence-electron chi connectivity index (χ4n) is 1.39. The van der Waals surface area contributed by atoms with Crippen molar-refractivity contribution in [2.45, 2.75) is 13.8 Å². The normalized spacial score (nSPS) is 11.5. The van der Waals surface area contributed by atoms with Gasteiger partial charge in [-0.1, -0.05) is 0 Å². The van der Waals surface area contributed by atoms with E-state index in [1.807, 2.05) is 0 Å². The fraction of sp³-hybridized carbons (Fsp3) is 0.250. The van der Waals surface area contributed by atoms with Crippen molar-refractivity contribution < 1.29 is 24.3 Å². The first-order valence-corrected chi connectivity index (χ1v) is 5.62. The average molecular weight is 231 g/mol. The Labute approximate surface area is 85.8 Å². The topological polar surface area (TPSA) is 108 Å². The van der Waals surface area contributed by atoms with E-state index in [0.717, 1.165) is 6.20 Å². The first-order chi connectivity index (χ1) is 6.75. The molecule has 0 amide bonds. The van der Waals surface area contributed by atoms with E-state index in [-0.39, 0.29) is 22.1 Å². The first-order valence-electron chi connectivity index (χ1n) is 4.00. The number of carbonyl (C=O) groups is 1. The molecule has 0 aromatic carbocycles. The van der Waals surface area contributed by atoms with Gasteiger partial charge in [0.1, 0.15) is 0 Å². The third-order valence-electron chi connectivity index (χ3n) is 1.97. The molecule has 0 atom stereocenters. The number of aromatic nitrogens is 1. The third-order valence-corrected chi connectivity index (χ3v) is 3.24. The molecular formula is C8H10NO5P. The molecule has 1 heterocycles. The number of pyridine rings is 1. The van der Waals surface area contributed by atoms with Gasteiger partial charge in [0.25, 0.3) is 0 Å². The van der Waals surface area contributed by atoms with Gasteiger partial charge in [-0.3, -0.25) is 4.57 Å². The monoisotopic (exact) mass is 231 g/mol. The van der Waals surface area contributed by atoms with Gasteiger partial charge in [0, 0.05) is 6.20 Å². The van der Waals surface area contributed by atoms with Gasteiger partial charge < -0.3 is 14.9 Å². The minimum atomic E-state index is -4.46. The maximum Gasteiger partial charge on any atom is 0.356 e. The molecule has 0 bridgehead atoms. The molecule has 0 aliphatic heterocycles. The van der Waals surface area contributed by atoms with E-state index in [1.165, 1.54) is 13.8 Å². The maximum atomic E-state index is 11.1. The highest BCUT2D eigenvalue weighted by atomic mass is 31.2. The van der Waals surface area contributed by atoms with Gasteiger partial charge >= 0.3 is 13.6 Å². The molecule has 7 heteroatoms. The van der Waals surface area contributed by atoms with Crippen molar-refractivity contribution in [2.75, 3.05) is 0 Å². The molecule has 15 heavy (non-hydrogen) atoms. The van der Waals surface area contributed by atoms with E-state index >= 15 is 0 Å². The summed E-state index contributed by atoms with van der Waals surface area (Å²) in [5.74, 6) is -1.30. The number of aromatic carboxylic acids is 1. The molecule has 1 aromatic heterocycles. The van der Waals surface area contributed by atoms with Gasteiger partial charge in [-0.25, -0.2) is 9.78 Å². The van der Waals surface area contributed by atoms with Crippen LogP contribution in [0.2, 0.25) is 0 Å². The summed E-state index contributed by atoms with van der Waals surface area (Å²) in [7, 11) is -4.46. The Hall–Kier alpha value is -1.23. The number of carboxylic acids is 1. The van der Waals surface area contributed by atoms with Crippen LogP contribution < -0.4 is 5.30 Å². The summed E-state index contributed by atoms with van der Waals surface area (Å²) >= 11 is 0. The van der Waals surface area contributed by atoms with Crippen LogP contribution in [-0.4, -0.2) is 25.8 Å². The zero-order chi connectivity index (χ0) is 11.8. The SMILES string of the molecule is Cc1cnc(C(=O)O)c(C)c1P(=O)(O)O. The molecule has 82 valence electrons. The predicted octanol–water partition coefficient (Wildman–Crippen LogP) is 0.200. The Morgan fingerprint density at radius 2 is 1.93 bits per heavy atom. The lowest BCUT2D eigenvalue weighted by Crippen LogP contribution is -2.18. The van der Waals surface area contributed by atoms with E-state index in [1.54, 1.807) is 0 Å². The number of hydrogen-bond donors (Lipinski definition) is 3. The second kappa shape index (κ2) is 3.73. The van der Waals surface area contributed by atoms with Gasteiger partial charge in [-0.15, -0.1) is 0 Å². The molecule has 6 nitrogen and oxygen atoms in total. The standard InChI is InChI=1S/C8H10NO5P/c1-4-3-9-6(8(10)11)5(2)7(4)15(12,13)14/h3H,1-2H3,(H,10,11)(H2,12,13,14). The van der Waals surface area contributed by atoms with Crippen LogP contribution in [0.15, 0.2) is 6.20 Å². The zero-order valence-corrected chi connectivity index (χ0v) is 9.02. The number of aryl methyl sites for hydroxylation is 1. The highest BCUT2D eigenvalue weighted by molar-refractivity contribution is 7.60. The molecular weight excluding hydrogens is 221 g/mol. The summed E-state index contributed by atoms with van der Waals surface area (Å²) in [6.07, 6.45) is 1.14. The lowest BCUT2D eigenvalue weighted by Gasteiger charge is -2.12. The van der Waals surface area contributed by atoms with E-state index in [0.29, 0.717) is 0 Å². The molecule has 0 aliphatic carbocycles. The van der Waals surface area contributed by atoms with Crippen LogP contribution in [0.3, 0.4) is 0 Å². The molecule has 0 unspecified atom stereocenters. The molecule has 0 aliphatic rings. The van der Waals surface area contributed by atoms with Crippen LogP contribution in [0.4, 0.5) is 0 Å². The molecule has 3 N–H and O–H groups in total. The van der Waals surface area contributed by atoms with E-state index in [9.17, 15) is 9.36 Å². The summed E-state index contributed by atoms with van der Waals surface area (Å²) in [6.45, 7) is 2.80. The lowest BCUT2D eigenvalue weighted by molar-refractivity contribution is 0.0690. The van der Waals surface area contributed by atoms with Gasteiger partial charge in [0.15, 0.2) is 5.69 Å². The van der Waals surface area contributed by atoms with Crippen molar-refractivity contribution >= 4 is 18.9 Å². The molecule has 0 spiro atoms. The summed E-state index contributed by atoms with van der Waals surface area (Å²) in [4.78, 5) is 32.4. The molecule has 1 aromatic rings. The fourth-order valence-corrected chi connectivity index (χ4v) is 2.45. The highest BCUT2D eigenvalue weighted by Crippen LogP contribution is 2.36. The number of hydrogen-bond acceptors (Lipinski definition) is 3. The van der Waals surface area contributed by atoms with Crippen molar-refractivity contribution in [2.24, 2.45) is 0 Å². The zero-order valence-electron chi connectivity index (χ0n) is 8.13. The van der Waals surface area contributed by atoms with Crippen LogP contribution in [0.5, 0.6) is 0 Å². The third kappa shape index (κ3) is 2.23. The van der Waals surface area contributed by atoms with Gasteiger partial charge in [0.05, 0.1) is 5.30 Å². The van der Waals surface area contributed by atoms with E-state index in [4.69, 9.17) is 14.9 Å². The van der Waals surface area contributed by atoms with Crippen molar-refractivity contribution in [3.05, 3.63) is 23.0 Å². The Kier molecular flexibility index (Phi) is 2.95. The molecule has 0 fully saturated rings. The lowest BCUT2D eigenvalue weighted by atomic mass is 10.1. The minimum absolute atomic E-state index is 0.0100. The van der Waals surface area contributed by atoms with Crippen LogP contribution in [0.25, 0.3) is 0 Å². The molecule has 0 saturated heterocycles. The van der Waals surface area contributed by atoms with E-state index < -0.39 is 13.6 Å². The summed E-state index contributed by atoms with van der Waals surface area (Å²) in [5.41, 5.74) is -0.0411. The number of carboxylic acid groups (broad SMARTS) is 1. The average Bonchev–Trinajstić information content (AvgIpc) is 2.00. The molecule has 0 radical (unpaired) electrons. The molecule has 0 saturated carbocycles.